The van der Waals surface area contributed by atoms with E-state index in [0.29, 0.717) is 6.54 Å². The molecule has 1 rings (SSSR count). The predicted molar refractivity (Wildman–Crippen MR) is 48.4 cm³/mol. The van der Waals surface area contributed by atoms with Crippen molar-refractivity contribution < 1.29 is 4.57 Å². The van der Waals surface area contributed by atoms with Crippen molar-refractivity contribution in [2.24, 2.45) is 12.8 Å². The van der Waals surface area contributed by atoms with Crippen LogP contribution in [0.1, 0.15) is 25.5 Å². The lowest BCUT2D eigenvalue weighted by molar-refractivity contribution is -0.703. The first kappa shape index (κ1) is 9.26. The number of hydrogen-bond donors (Lipinski definition) is 1. The lowest BCUT2D eigenvalue weighted by Crippen LogP contribution is -2.36. The monoisotopic (exact) mass is 168 g/mol. The van der Waals surface area contributed by atoms with Crippen LogP contribution in [-0.4, -0.2) is 4.57 Å². The summed E-state index contributed by atoms with van der Waals surface area (Å²) in [6.45, 7) is 3.92. The van der Waals surface area contributed by atoms with Gasteiger partial charge in [0.25, 0.3) is 0 Å². The summed E-state index contributed by atoms with van der Waals surface area (Å²) in [5.74, 6) is 0. The maximum atomic E-state index is 5.60. The zero-order chi connectivity index (χ0) is 8.97. The predicted octanol–water partition coefficient (Wildman–Crippen LogP) is 0.571. The Morgan fingerprint density at radius 3 is 2.92 bits per heavy atom. The van der Waals surface area contributed by atoms with Crippen LogP contribution in [0, 0.1) is 0 Å². The summed E-state index contributed by atoms with van der Waals surface area (Å²) >= 11 is 0. The summed E-state index contributed by atoms with van der Waals surface area (Å²) in [5.41, 5.74) is 6.82. The zero-order valence-corrected chi connectivity index (χ0v) is 7.95. The second kappa shape index (κ2) is 4.26. The van der Waals surface area contributed by atoms with Gasteiger partial charge in [-0.15, -0.1) is 0 Å². The molecule has 3 heteroatoms. The van der Waals surface area contributed by atoms with Crippen LogP contribution in [0.4, 0.5) is 0 Å². The molecular weight excluding hydrogens is 150 g/mol. The van der Waals surface area contributed by atoms with Gasteiger partial charge in [0.05, 0.1) is 20.1 Å². The molecule has 0 amide bonds. The molecule has 1 aromatic rings. The number of nitrogens with zero attached hydrogens (tertiary/aromatic N) is 2. The highest BCUT2D eigenvalue weighted by Crippen LogP contribution is 1.93. The van der Waals surface area contributed by atoms with E-state index in [2.05, 4.69) is 28.6 Å². The fraction of sp³-hybridized carbons (Fsp3) is 0.667. The maximum absolute atomic E-state index is 5.60. The minimum absolute atomic E-state index is 0.630. The van der Waals surface area contributed by atoms with Crippen LogP contribution < -0.4 is 10.3 Å². The van der Waals surface area contributed by atoms with E-state index in [9.17, 15) is 0 Å². The molecule has 0 bridgehead atoms. The van der Waals surface area contributed by atoms with E-state index < -0.39 is 0 Å². The summed E-state index contributed by atoms with van der Waals surface area (Å²) in [6.07, 6.45) is 6.63. The Morgan fingerprint density at radius 1 is 1.58 bits per heavy atom. The van der Waals surface area contributed by atoms with Crippen molar-refractivity contribution >= 4 is 0 Å². The number of aromatic nitrogens is 2. The minimum Gasteiger partial charge on any atom is -0.323 e. The topological polar surface area (TPSA) is 34.8 Å². The molecular formula is C9H18N3+. The van der Waals surface area contributed by atoms with Crippen molar-refractivity contribution in [3.8, 4) is 0 Å². The van der Waals surface area contributed by atoms with Gasteiger partial charge in [0, 0.05) is 0 Å². The molecule has 0 aromatic carbocycles. The second-order valence-corrected chi connectivity index (χ2v) is 3.15. The van der Waals surface area contributed by atoms with Crippen molar-refractivity contribution in [3.63, 3.8) is 0 Å². The van der Waals surface area contributed by atoms with E-state index in [-0.39, 0.29) is 0 Å². The Kier molecular flexibility index (Phi) is 3.29. The van der Waals surface area contributed by atoms with Gasteiger partial charge in [-0.3, -0.25) is 0 Å². The van der Waals surface area contributed by atoms with Crippen molar-refractivity contribution in [2.45, 2.75) is 32.9 Å². The molecule has 2 N–H and O–H groups in total. The summed E-state index contributed by atoms with van der Waals surface area (Å²) in [4.78, 5) is 0. The Hall–Kier alpha value is -0.830. The first-order valence-corrected chi connectivity index (χ1v) is 4.52. The van der Waals surface area contributed by atoms with Gasteiger partial charge < -0.3 is 5.73 Å². The number of nitrogens with two attached hydrogens (primary N) is 1. The first-order valence-electron chi connectivity index (χ1n) is 4.52. The summed E-state index contributed by atoms with van der Waals surface area (Å²) in [5, 5.41) is 0. The van der Waals surface area contributed by atoms with Gasteiger partial charge in [-0.2, -0.15) is 0 Å². The molecule has 0 spiro atoms. The number of unbranched alkanes of at least 4 members (excludes halogenated alkanes) is 1. The maximum Gasteiger partial charge on any atom is 0.243 e. The largest absolute Gasteiger partial charge is 0.323 e. The Labute approximate surface area is 73.8 Å². The molecule has 3 nitrogen and oxygen atoms in total. The zero-order valence-electron chi connectivity index (χ0n) is 7.95. The van der Waals surface area contributed by atoms with Crippen molar-refractivity contribution in [1.82, 2.24) is 4.57 Å². The molecule has 12 heavy (non-hydrogen) atoms. The third kappa shape index (κ3) is 2.08. The lowest BCUT2D eigenvalue weighted by Gasteiger charge is -1.96. The Bertz CT molecular complexity index is 240. The summed E-state index contributed by atoms with van der Waals surface area (Å²) in [7, 11) is 2.03. The normalized spacial score (nSPS) is 10.6. The van der Waals surface area contributed by atoms with Crippen LogP contribution in [-0.2, 0) is 20.1 Å². The molecule has 0 atom stereocenters. The van der Waals surface area contributed by atoms with E-state index in [4.69, 9.17) is 5.73 Å². The number of rotatable bonds is 4. The molecule has 0 saturated heterocycles. The standard InChI is InChI=1S/C9H18N3/c1-3-4-5-12-8-11(2)7-9(12)6-10/h7-8H,3-6,10H2,1-2H3/q+1. The second-order valence-electron chi connectivity index (χ2n) is 3.15. The number of hydrogen-bond acceptors (Lipinski definition) is 1. The quantitative estimate of drug-likeness (QED) is 0.655. The third-order valence-corrected chi connectivity index (χ3v) is 2.00. The molecule has 0 aliphatic carbocycles. The highest BCUT2D eigenvalue weighted by atomic mass is 15.1. The van der Waals surface area contributed by atoms with Crippen molar-refractivity contribution in [3.05, 3.63) is 18.2 Å². The smallest absolute Gasteiger partial charge is 0.243 e. The fourth-order valence-corrected chi connectivity index (χ4v) is 1.34. The van der Waals surface area contributed by atoms with E-state index in [0.717, 1.165) is 6.54 Å². The van der Waals surface area contributed by atoms with Gasteiger partial charge >= 0.3 is 0 Å². The van der Waals surface area contributed by atoms with E-state index >= 15 is 0 Å². The average molecular weight is 168 g/mol. The van der Waals surface area contributed by atoms with Crippen LogP contribution >= 0.6 is 0 Å². The molecule has 0 unspecified atom stereocenters. The number of aryl methyl sites for hydroxylation is 2. The molecule has 68 valence electrons. The van der Waals surface area contributed by atoms with Gasteiger partial charge in [-0.25, -0.2) is 9.13 Å². The van der Waals surface area contributed by atoms with Crippen molar-refractivity contribution in [2.75, 3.05) is 0 Å². The molecule has 0 radical (unpaired) electrons. The van der Waals surface area contributed by atoms with Gasteiger partial charge in [-0.1, -0.05) is 13.3 Å². The Balaban J connectivity index is 2.68. The minimum atomic E-state index is 0.630. The van der Waals surface area contributed by atoms with Gasteiger partial charge in [0.1, 0.15) is 6.20 Å². The highest BCUT2D eigenvalue weighted by molar-refractivity contribution is 4.86. The van der Waals surface area contributed by atoms with E-state index in [1.54, 1.807) is 0 Å². The van der Waals surface area contributed by atoms with E-state index in [1.165, 1.54) is 18.5 Å². The summed E-state index contributed by atoms with van der Waals surface area (Å²) in [6, 6.07) is 0. The van der Waals surface area contributed by atoms with Crippen LogP contribution in [0.3, 0.4) is 0 Å². The number of imidazole rings is 1. The van der Waals surface area contributed by atoms with Crippen LogP contribution in [0.15, 0.2) is 12.5 Å². The fourth-order valence-electron chi connectivity index (χ4n) is 1.34. The van der Waals surface area contributed by atoms with Crippen LogP contribution in [0.5, 0.6) is 0 Å². The van der Waals surface area contributed by atoms with Crippen LogP contribution in [0.2, 0.25) is 0 Å². The van der Waals surface area contributed by atoms with Gasteiger partial charge in [-0.05, 0) is 6.42 Å². The molecule has 0 aliphatic heterocycles. The SMILES string of the molecule is CCCC[n+]1cn(C)cc1CN. The van der Waals surface area contributed by atoms with Gasteiger partial charge in [0.15, 0.2) is 5.69 Å². The average Bonchev–Trinajstić information content (AvgIpc) is 2.42. The Morgan fingerprint density at radius 2 is 2.33 bits per heavy atom. The lowest BCUT2D eigenvalue weighted by atomic mass is 10.3. The summed E-state index contributed by atoms with van der Waals surface area (Å²) < 4.78 is 4.28. The van der Waals surface area contributed by atoms with Crippen LogP contribution in [0.25, 0.3) is 0 Å². The van der Waals surface area contributed by atoms with Gasteiger partial charge in [0.2, 0.25) is 6.33 Å². The molecule has 1 heterocycles. The molecule has 0 saturated carbocycles. The van der Waals surface area contributed by atoms with E-state index in [1.807, 2.05) is 7.05 Å². The van der Waals surface area contributed by atoms with Crippen molar-refractivity contribution in [1.29, 1.82) is 0 Å². The molecule has 0 aliphatic rings. The highest BCUT2D eigenvalue weighted by Gasteiger charge is 2.07. The molecule has 0 fully saturated rings. The third-order valence-electron chi connectivity index (χ3n) is 2.00. The first-order chi connectivity index (χ1) is 5.77. The molecule has 1 aromatic heterocycles.